The molecule has 92 valence electrons. The van der Waals surface area contributed by atoms with Gasteiger partial charge in [0.1, 0.15) is 6.61 Å². The van der Waals surface area contributed by atoms with Crippen LogP contribution in [0.5, 0.6) is 0 Å². The lowest BCUT2D eigenvalue weighted by Crippen LogP contribution is -2.55. The summed E-state index contributed by atoms with van der Waals surface area (Å²) >= 11 is 0. The third-order valence-electron chi connectivity index (χ3n) is 3.02. The van der Waals surface area contributed by atoms with Crippen LogP contribution in [0.3, 0.4) is 0 Å². The molecule has 1 amide bonds. The molecule has 1 aliphatic rings. The first-order valence-corrected chi connectivity index (χ1v) is 5.92. The zero-order valence-electron chi connectivity index (χ0n) is 9.76. The molecule has 0 aromatic heterocycles. The summed E-state index contributed by atoms with van der Waals surface area (Å²) in [6.45, 7) is 0.559. The van der Waals surface area contributed by atoms with Crippen molar-refractivity contribution in [2.24, 2.45) is 5.73 Å². The van der Waals surface area contributed by atoms with E-state index in [1.165, 1.54) is 0 Å². The van der Waals surface area contributed by atoms with Gasteiger partial charge < -0.3 is 15.8 Å². The summed E-state index contributed by atoms with van der Waals surface area (Å²) < 4.78 is 5.33. The summed E-state index contributed by atoms with van der Waals surface area (Å²) in [5, 5.41) is 2.86. The molecule has 0 radical (unpaired) electrons. The molecule has 1 aliphatic carbocycles. The zero-order valence-corrected chi connectivity index (χ0v) is 9.76. The number of nitrogens with one attached hydrogen (secondary N) is 1. The lowest BCUT2D eigenvalue weighted by Gasteiger charge is -2.34. The Morgan fingerprint density at radius 3 is 2.71 bits per heavy atom. The number of ether oxygens (including phenoxy) is 1. The van der Waals surface area contributed by atoms with Gasteiger partial charge >= 0.3 is 0 Å². The molecule has 0 heterocycles. The molecule has 0 saturated heterocycles. The Morgan fingerprint density at radius 2 is 2.12 bits per heavy atom. The lowest BCUT2D eigenvalue weighted by atomic mass is 9.87. The summed E-state index contributed by atoms with van der Waals surface area (Å²) in [7, 11) is 0. The topological polar surface area (TPSA) is 64.3 Å². The van der Waals surface area contributed by atoms with Gasteiger partial charge in [-0.3, -0.25) is 4.79 Å². The summed E-state index contributed by atoms with van der Waals surface area (Å²) in [5.41, 5.74) is 6.81. The fourth-order valence-corrected chi connectivity index (χ4v) is 1.79. The molecule has 2 rings (SSSR count). The van der Waals surface area contributed by atoms with Gasteiger partial charge in [-0.1, -0.05) is 30.3 Å². The van der Waals surface area contributed by atoms with Crippen molar-refractivity contribution in [3.63, 3.8) is 0 Å². The minimum atomic E-state index is -0.0823. The second-order valence-electron chi connectivity index (χ2n) is 4.39. The lowest BCUT2D eigenvalue weighted by molar-refractivity contribution is -0.127. The quantitative estimate of drug-likeness (QED) is 0.792. The first-order chi connectivity index (χ1) is 8.25. The van der Waals surface area contributed by atoms with Crippen LogP contribution in [0.1, 0.15) is 18.4 Å². The van der Waals surface area contributed by atoms with Crippen LogP contribution in [0.25, 0.3) is 0 Å². The maximum absolute atomic E-state index is 11.5. The van der Waals surface area contributed by atoms with E-state index in [-0.39, 0.29) is 24.6 Å². The van der Waals surface area contributed by atoms with Gasteiger partial charge in [-0.05, 0) is 18.4 Å². The number of hydrogen-bond acceptors (Lipinski definition) is 3. The van der Waals surface area contributed by atoms with E-state index in [4.69, 9.17) is 10.5 Å². The molecular weight excluding hydrogens is 216 g/mol. The molecule has 1 saturated carbocycles. The van der Waals surface area contributed by atoms with Gasteiger partial charge in [0.25, 0.3) is 0 Å². The van der Waals surface area contributed by atoms with Crippen LogP contribution < -0.4 is 11.1 Å². The van der Waals surface area contributed by atoms with Gasteiger partial charge in [-0.25, -0.2) is 0 Å². The Balaban J connectivity index is 1.63. The number of amides is 1. The highest BCUT2D eigenvalue weighted by atomic mass is 16.5. The first-order valence-electron chi connectivity index (χ1n) is 5.92. The average molecular weight is 234 g/mol. The summed E-state index contributed by atoms with van der Waals surface area (Å²) in [5.74, 6) is -0.0823. The van der Waals surface area contributed by atoms with Crippen LogP contribution in [0.4, 0.5) is 0 Å². The Labute approximate surface area is 101 Å². The van der Waals surface area contributed by atoms with E-state index in [9.17, 15) is 4.79 Å². The van der Waals surface area contributed by atoms with Crippen molar-refractivity contribution in [3.8, 4) is 0 Å². The van der Waals surface area contributed by atoms with Crippen LogP contribution in [-0.2, 0) is 16.1 Å². The van der Waals surface area contributed by atoms with Crippen molar-refractivity contribution in [2.45, 2.75) is 31.5 Å². The molecule has 1 aromatic carbocycles. The van der Waals surface area contributed by atoms with Crippen molar-refractivity contribution in [1.29, 1.82) is 0 Å². The second-order valence-corrected chi connectivity index (χ2v) is 4.39. The highest BCUT2D eigenvalue weighted by Crippen LogP contribution is 2.16. The molecule has 0 unspecified atom stereocenters. The molecule has 0 spiro atoms. The molecule has 0 bridgehead atoms. The van der Waals surface area contributed by atoms with Gasteiger partial charge in [-0.15, -0.1) is 0 Å². The number of rotatable bonds is 5. The smallest absolute Gasteiger partial charge is 0.246 e. The Morgan fingerprint density at radius 1 is 1.35 bits per heavy atom. The van der Waals surface area contributed by atoms with E-state index in [2.05, 4.69) is 5.32 Å². The highest BCUT2D eigenvalue weighted by molar-refractivity contribution is 5.77. The van der Waals surface area contributed by atoms with E-state index in [0.29, 0.717) is 6.61 Å². The third kappa shape index (κ3) is 3.54. The molecule has 4 nitrogen and oxygen atoms in total. The number of carbonyl (C=O) groups is 1. The van der Waals surface area contributed by atoms with Crippen LogP contribution in [-0.4, -0.2) is 24.6 Å². The fourth-order valence-electron chi connectivity index (χ4n) is 1.79. The number of nitrogens with two attached hydrogens (primary N) is 1. The summed E-state index contributed by atoms with van der Waals surface area (Å²) in [4.78, 5) is 11.5. The number of carbonyl (C=O) groups excluding carboxylic acids is 1. The average Bonchev–Trinajstić information content (AvgIpc) is 2.35. The predicted molar refractivity (Wildman–Crippen MR) is 65.2 cm³/mol. The van der Waals surface area contributed by atoms with E-state index in [1.54, 1.807) is 0 Å². The SMILES string of the molecule is N[C@@H]1CC[C@@H]1NC(=O)COCc1ccccc1. The van der Waals surface area contributed by atoms with Crippen LogP contribution >= 0.6 is 0 Å². The second kappa shape index (κ2) is 5.80. The molecule has 0 aliphatic heterocycles. The van der Waals surface area contributed by atoms with Crippen LogP contribution in [0.2, 0.25) is 0 Å². The van der Waals surface area contributed by atoms with Gasteiger partial charge in [0.2, 0.25) is 5.91 Å². The Hall–Kier alpha value is -1.39. The molecule has 1 fully saturated rings. The van der Waals surface area contributed by atoms with E-state index in [1.807, 2.05) is 30.3 Å². The molecule has 17 heavy (non-hydrogen) atoms. The van der Waals surface area contributed by atoms with Gasteiger partial charge in [-0.2, -0.15) is 0 Å². The third-order valence-corrected chi connectivity index (χ3v) is 3.02. The van der Waals surface area contributed by atoms with Crippen LogP contribution in [0, 0.1) is 0 Å². The van der Waals surface area contributed by atoms with Crippen molar-refractivity contribution in [2.75, 3.05) is 6.61 Å². The molecule has 3 N–H and O–H groups in total. The molecule has 1 aromatic rings. The predicted octanol–water partition coefficient (Wildman–Crippen LogP) is 0.809. The Kier molecular flexibility index (Phi) is 4.12. The standard InChI is InChI=1S/C13H18N2O2/c14-11-6-7-12(11)15-13(16)9-17-8-10-4-2-1-3-5-10/h1-5,11-12H,6-9,14H2,(H,15,16)/t11-,12+/m1/s1. The van der Waals surface area contributed by atoms with E-state index in [0.717, 1.165) is 18.4 Å². The monoisotopic (exact) mass is 234 g/mol. The minimum Gasteiger partial charge on any atom is -0.367 e. The maximum Gasteiger partial charge on any atom is 0.246 e. The van der Waals surface area contributed by atoms with Crippen molar-refractivity contribution in [3.05, 3.63) is 35.9 Å². The summed E-state index contributed by atoms with van der Waals surface area (Å²) in [6.07, 6.45) is 1.97. The van der Waals surface area contributed by atoms with E-state index < -0.39 is 0 Å². The molecule has 2 atom stereocenters. The Bertz CT molecular complexity index is 367. The van der Waals surface area contributed by atoms with Gasteiger partial charge in [0.15, 0.2) is 0 Å². The normalized spacial score (nSPS) is 22.9. The largest absolute Gasteiger partial charge is 0.367 e. The van der Waals surface area contributed by atoms with Crippen LogP contribution in [0.15, 0.2) is 30.3 Å². The zero-order chi connectivity index (χ0) is 12.1. The van der Waals surface area contributed by atoms with Gasteiger partial charge in [0, 0.05) is 12.1 Å². The summed E-state index contributed by atoms with van der Waals surface area (Å²) in [6, 6.07) is 10.1. The van der Waals surface area contributed by atoms with E-state index >= 15 is 0 Å². The molecule has 4 heteroatoms. The fraction of sp³-hybridized carbons (Fsp3) is 0.462. The van der Waals surface area contributed by atoms with Gasteiger partial charge in [0.05, 0.1) is 6.61 Å². The number of benzene rings is 1. The van der Waals surface area contributed by atoms with Crippen molar-refractivity contribution in [1.82, 2.24) is 5.32 Å². The molecular formula is C13H18N2O2. The van der Waals surface area contributed by atoms with Crippen molar-refractivity contribution < 1.29 is 9.53 Å². The highest BCUT2D eigenvalue weighted by Gasteiger charge is 2.28. The minimum absolute atomic E-state index is 0.0823. The van der Waals surface area contributed by atoms with Crippen molar-refractivity contribution >= 4 is 5.91 Å². The number of hydrogen-bond donors (Lipinski definition) is 2. The first kappa shape index (κ1) is 12.1. The maximum atomic E-state index is 11.5.